The largest absolute Gasteiger partial charge is 0.550 e. The van der Waals surface area contributed by atoms with Gasteiger partial charge in [-0.2, -0.15) is 0 Å². The fraction of sp³-hybridized carbons (Fsp3) is 0.600. The molecule has 0 rings (SSSR count). The fourth-order valence-electron chi connectivity index (χ4n) is 0.625. The Morgan fingerprint density at radius 2 is 1.92 bits per heavy atom. The van der Waals surface area contributed by atoms with Gasteiger partial charge in [0.1, 0.15) is 0 Å². The molecule has 0 saturated heterocycles. The molecule has 0 amide bonds. The van der Waals surface area contributed by atoms with Crippen LogP contribution >= 0.6 is 0 Å². The lowest BCUT2D eigenvalue weighted by Crippen LogP contribution is -2.21. The molecule has 13 heavy (non-hydrogen) atoms. The molecule has 0 aliphatic heterocycles. The quantitative estimate of drug-likeness (QED) is 0.501. The third-order valence-corrected chi connectivity index (χ3v) is 2.22. The van der Waals surface area contributed by atoms with Gasteiger partial charge in [0.05, 0.1) is 19.1 Å². The van der Waals surface area contributed by atoms with E-state index in [1.54, 1.807) is 13.4 Å². The van der Waals surface area contributed by atoms with Crippen LogP contribution in [-0.2, 0) is 9.16 Å². The number of hydrogen-bond donors (Lipinski definition) is 0. The van der Waals surface area contributed by atoms with E-state index in [-0.39, 0.29) is 0 Å². The van der Waals surface area contributed by atoms with Gasteiger partial charge in [-0.25, -0.2) is 0 Å². The molecule has 0 spiro atoms. The summed E-state index contributed by atoms with van der Waals surface area (Å²) >= 11 is 0. The van der Waals surface area contributed by atoms with Crippen molar-refractivity contribution in [2.24, 2.45) is 0 Å². The highest BCUT2D eigenvalue weighted by molar-refractivity contribution is 6.69. The standard InChI is InChI=1S/C10H20O2Si/c1-10(11-2)8-6-7-9-12-13(3,4)5/h7-9H,6H2,1-5H3. The summed E-state index contributed by atoms with van der Waals surface area (Å²) in [5, 5.41) is 0. The molecule has 0 radical (unpaired) electrons. The van der Waals surface area contributed by atoms with E-state index in [1.165, 1.54) is 0 Å². The number of allylic oxidation sites excluding steroid dienone is 3. The van der Waals surface area contributed by atoms with Crippen molar-refractivity contribution in [1.82, 2.24) is 0 Å². The van der Waals surface area contributed by atoms with E-state index in [1.807, 2.05) is 19.1 Å². The summed E-state index contributed by atoms with van der Waals surface area (Å²) in [5.41, 5.74) is 0. The number of methoxy groups -OCH3 is 1. The zero-order chi connectivity index (χ0) is 10.3. The molecule has 0 heterocycles. The Hall–Kier alpha value is -0.703. The first kappa shape index (κ1) is 12.3. The Morgan fingerprint density at radius 3 is 2.38 bits per heavy atom. The number of ether oxygens (including phenoxy) is 1. The minimum absolute atomic E-state index is 0.865. The van der Waals surface area contributed by atoms with Crippen molar-refractivity contribution in [3.05, 3.63) is 24.2 Å². The molecule has 0 aromatic rings. The topological polar surface area (TPSA) is 18.5 Å². The lowest BCUT2D eigenvalue weighted by Gasteiger charge is -2.14. The van der Waals surface area contributed by atoms with Gasteiger partial charge in [0.25, 0.3) is 0 Å². The Labute approximate surface area is 82.4 Å². The van der Waals surface area contributed by atoms with Crippen LogP contribution in [0.25, 0.3) is 0 Å². The monoisotopic (exact) mass is 200 g/mol. The summed E-state index contributed by atoms with van der Waals surface area (Å²) in [6.45, 7) is 8.42. The zero-order valence-electron chi connectivity index (χ0n) is 9.26. The molecule has 0 aliphatic rings. The first-order chi connectivity index (χ1) is 5.95. The zero-order valence-corrected chi connectivity index (χ0v) is 10.3. The fourth-order valence-corrected chi connectivity index (χ4v) is 1.13. The smallest absolute Gasteiger partial charge is 0.241 e. The molecule has 0 unspecified atom stereocenters. The molecule has 0 aliphatic carbocycles. The molecule has 0 atom stereocenters. The lowest BCUT2D eigenvalue weighted by atomic mass is 10.3. The summed E-state index contributed by atoms with van der Waals surface area (Å²) in [7, 11) is 0.293. The van der Waals surface area contributed by atoms with Gasteiger partial charge in [-0.05, 0) is 45.1 Å². The summed E-state index contributed by atoms with van der Waals surface area (Å²) in [6.07, 6.45) is 6.68. The average molecular weight is 200 g/mol. The SMILES string of the molecule is COC(C)=CCC=CO[Si](C)(C)C. The summed E-state index contributed by atoms with van der Waals surface area (Å²) in [4.78, 5) is 0. The lowest BCUT2D eigenvalue weighted by molar-refractivity contribution is 0.292. The highest BCUT2D eigenvalue weighted by atomic mass is 28.4. The van der Waals surface area contributed by atoms with E-state index in [2.05, 4.69) is 19.6 Å². The molecule has 0 N–H and O–H groups in total. The van der Waals surface area contributed by atoms with Crippen LogP contribution in [0.4, 0.5) is 0 Å². The first-order valence-electron chi connectivity index (χ1n) is 4.49. The second-order valence-corrected chi connectivity index (χ2v) is 8.32. The average Bonchev–Trinajstić information content (AvgIpc) is 2.01. The van der Waals surface area contributed by atoms with Crippen molar-refractivity contribution < 1.29 is 9.16 Å². The van der Waals surface area contributed by atoms with Gasteiger partial charge in [-0.3, -0.25) is 0 Å². The second-order valence-electron chi connectivity index (χ2n) is 3.86. The van der Waals surface area contributed by atoms with Crippen LogP contribution in [0.3, 0.4) is 0 Å². The van der Waals surface area contributed by atoms with Crippen LogP contribution in [0.15, 0.2) is 24.2 Å². The predicted octanol–water partition coefficient (Wildman–Crippen LogP) is 3.29. The maximum absolute atomic E-state index is 5.53. The molecule has 0 saturated carbocycles. The molecule has 0 fully saturated rings. The van der Waals surface area contributed by atoms with E-state index in [0.29, 0.717) is 0 Å². The Bertz CT molecular complexity index is 190. The van der Waals surface area contributed by atoms with Crippen LogP contribution in [0.1, 0.15) is 13.3 Å². The van der Waals surface area contributed by atoms with Crippen molar-refractivity contribution in [2.45, 2.75) is 33.0 Å². The van der Waals surface area contributed by atoms with Crippen LogP contribution in [0, 0.1) is 0 Å². The van der Waals surface area contributed by atoms with Crippen LogP contribution in [0.5, 0.6) is 0 Å². The van der Waals surface area contributed by atoms with E-state index in [0.717, 1.165) is 12.2 Å². The van der Waals surface area contributed by atoms with E-state index < -0.39 is 8.32 Å². The third-order valence-electron chi connectivity index (χ3n) is 1.38. The maximum atomic E-state index is 5.53. The molecule has 0 aromatic heterocycles. The van der Waals surface area contributed by atoms with Gasteiger partial charge in [-0.1, -0.05) is 0 Å². The Kier molecular flexibility index (Phi) is 5.54. The van der Waals surface area contributed by atoms with Gasteiger partial charge >= 0.3 is 0 Å². The van der Waals surface area contributed by atoms with Crippen molar-refractivity contribution >= 4 is 8.32 Å². The van der Waals surface area contributed by atoms with Gasteiger partial charge in [0.2, 0.25) is 8.32 Å². The minimum atomic E-state index is -1.38. The summed E-state index contributed by atoms with van der Waals surface area (Å²) in [5.74, 6) is 0.942. The van der Waals surface area contributed by atoms with Crippen molar-refractivity contribution in [3.63, 3.8) is 0 Å². The van der Waals surface area contributed by atoms with Crippen molar-refractivity contribution in [2.75, 3.05) is 7.11 Å². The molecule has 76 valence electrons. The van der Waals surface area contributed by atoms with Crippen molar-refractivity contribution in [1.29, 1.82) is 0 Å². The third kappa shape index (κ3) is 9.21. The number of rotatable bonds is 5. The Morgan fingerprint density at radius 1 is 1.31 bits per heavy atom. The molecular weight excluding hydrogens is 180 g/mol. The van der Waals surface area contributed by atoms with Crippen molar-refractivity contribution in [3.8, 4) is 0 Å². The van der Waals surface area contributed by atoms with Gasteiger partial charge < -0.3 is 9.16 Å². The van der Waals surface area contributed by atoms with E-state index >= 15 is 0 Å². The highest BCUT2D eigenvalue weighted by Gasteiger charge is 2.12. The van der Waals surface area contributed by atoms with Gasteiger partial charge in [-0.15, -0.1) is 0 Å². The van der Waals surface area contributed by atoms with Crippen LogP contribution in [0.2, 0.25) is 19.6 Å². The molecular formula is C10H20O2Si. The van der Waals surface area contributed by atoms with Crippen LogP contribution < -0.4 is 0 Å². The second kappa shape index (κ2) is 5.86. The molecule has 0 bridgehead atoms. The van der Waals surface area contributed by atoms with Gasteiger partial charge in [0.15, 0.2) is 0 Å². The van der Waals surface area contributed by atoms with E-state index in [4.69, 9.17) is 9.16 Å². The number of hydrogen-bond acceptors (Lipinski definition) is 2. The maximum Gasteiger partial charge on any atom is 0.241 e. The van der Waals surface area contributed by atoms with Gasteiger partial charge in [0, 0.05) is 0 Å². The van der Waals surface area contributed by atoms with Crippen LogP contribution in [-0.4, -0.2) is 15.4 Å². The summed E-state index contributed by atoms with van der Waals surface area (Å²) < 4.78 is 10.5. The molecule has 2 nitrogen and oxygen atoms in total. The first-order valence-corrected chi connectivity index (χ1v) is 7.90. The molecule has 3 heteroatoms. The Balaban J connectivity index is 3.65. The normalized spacial score (nSPS) is 13.5. The minimum Gasteiger partial charge on any atom is -0.550 e. The predicted molar refractivity (Wildman–Crippen MR) is 59.0 cm³/mol. The van der Waals surface area contributed by atoms with E-state index in [9.17, 15) is 0 Å². The summed E-state index contributed by atoms with van der Waals surface area (Å²) in [6, 6.07) is 0. The molecule has 0 aromatic carbocycles. The highest BCUT2D eigenvalue weighted by Crippen LogP contribution is 2.03.